The van der Waals surface area contributed by atoms with Crippen molar-refractivity contribution in [3.05, 3.63) is 0 Å². The first-order chi connectivity index (χ1) is 8.84. The molecule has 0 unspecified atom stereocenters. The molecule has 6 nitrogen and oxygen atoms in total. The van der Waals surface area contributed by atoms with E-state index in [0.717, 1.165) is 19.3 Å². The Morgan fingerprint density at radius 2 is 1.79 bits per heavy atom. The van der Waals surface area contributed by atoms with Crippen LogP contribution in [0.5, 0.6) is 0 Å². The average Bonchev–Trinajstić information content (AvgIpc) is 2.28. The zero-order valence-corrected chi connectivity index (χ0v) is 11.6. The number of nitrogens with one attached hydrogen (secondary N) is 1. The van der Waals surface area contributed by atoms with Crippen LogP contribution in [0.4, 0.5) is 0 Å². The van der Waals surface area contributed by atoms with Gasteiger partial charge in [-0.3, -0.25) is 14.4 Å². The van der Waals surface area contributed by atoms with Gasteiger partial charge in [-0.05, 0) is 12.8 Å². The second kappa shape index (κ2) is 6.54. The highest BCUT2D eigenvalue weighted by atomic mass is 16.4. The van der Waals surface area contributed by atoms with Crippen molar-refractivity contribution in [2.75, 3.05) is 13.6 Å². The van der Waals surface area contributed by atoms with Gasteiger partial charge in [0.25, 0.3) is 0 Å². The molecule has 2 amide bonds. The first-order valence-corrected chi connectivity index (χ1v) is 6.59. The molecule has 0 atom stereocenters. The molecule has 6 heteroatoms. The lowest BCUT2D eigenvalue weighted by molar-refractivity contribution is -0.140. The van der Waals surface area contributed by atoms with Crippen molar-refractivity contribution in [2.45, 2.75) is 51.0 Å². The number of hydrogen-bond acceptors (Lipinski definition) is 3. The fourth-order valence-electron chi connectivity index (χ4n) is 2.53. The van der Waals surface area contributed by atoms with Crippen LogP contribution in [0.25, 0.3) is 0 Å². The monoisotopic (exact) mass is 270 g/mol. The first kappa shape index (κ1) is 15.5. The molecule has 0 radical (unpaired) electrons. The van der Waals surface area contributed by atoms with Crippen molar-refractivity contribution in [2.24, 2.45) is 0 Å². The van der Waals surface area contributed by atoms with Crippen LogP contribution in [-0.4, -0.2) is 46.9 Å². The quantitative estimate of drug-likeness (QED) is 0.772. The van der Waals surface area contributed by atoms with E-state index in [9.17, 15) is 14.4 Å². The summed E-state index contributed by atoms with van der Waals surface area (Å²) in [4.78, 5) is 35.3. The Balaban J connectivity index is 2.64. The Morgan fingerprint density at radius 1 is 1.21 bits per heavy atom. The Kier molecular flexibility index (Phi) is 5.32. The highest BCUT2D eigenvalue weighted by molar-refractivity contribution is 5.84. The Bertz CT molecular complexity index is 362. The lowest BCUT2D eigenvalue weighted by Gasteiger charge is -2.37. The Labute approximate surface area is 113 Å². The Hall–Kier alpha value is -1.59. The third-order valence-electron chi connectivity index (χ3n) is 3.62. The molecule has 0 saturated heterocycles. The van der Waals surface area contributed by atoms with E-state index in [1.54, 1.807) is 7.05 Å². The summed E-state index contributed by atoms with van der Waals surface area (Å²) >= 11 is 0. The number of amides is 2. The molecule has 1 aliphatic carbocycles. The van der Waals surface area contributed by atoms with E-state index in [1.165, 1.54) is 11.8 Å². The fraction of sp³-hybridized carbons (Fsp3) is 0.769. The predicted molar refractivity (Wildman–Crippen MR) is 69.5 cm³/mol. The average molecular weight is 270 g/mol. The highest BCUT2D eigenvalue weighted by Crippen LogP contribution is 2.31. The van der Waals surface area contributed by atoms with Crippen molar-refractivity contribution in [3.8, 4) is 0 Å². The van der Waals surface area contributed by atoms with E-state index in [1.807, 2.05) is 0 Å². The number of rotatable bonds is 5. The van der Waals surface area contributed by atoms with Crippen LogP contribution in [0, 0.1) is 0 Å². The number of hydrogen-bond donors (Lipinski definition) is 2. The molecule has 0 aromatic carbocycles. The molecular formula is C13H22N2O4. The molecule has 0 heterocycles. The summed E-state index contributed by atoms with van der Waals surface area (Å²) in [6, 6.07) is 0. The molecule has 0 spiro atoms. The minimum Gasteiger partial charge on any atom is -0.481 e. The predicted octanol–water partition coefficient (Wildman–Crippen LogP) is 0.758. The van der Waals surface area contributed by atoms with Gasteiger partial charge in [0.15, 0.2) is 0 Å². The fourth-order valence-corrected chi connectivity index (χ4v) is 2.53. The number of carboxylic acid groups (broad SMARTS) is 1. The number of likely N-dealkylation sites (N-methyl/N-ethyl adjacent to an activating group) is 1. The van der Waals surface area contributed by atoms with Gasteiger partial charge < -0.3 is 15.3 Å². The minimum atomic E-state index is -0.901. The number of carboxylic acids is 1. The maximum Gasteiger partial charge on any atom is 0.305 e. The third-order valence-corrected chi connectivity index (χ3v) is 3.62. The van der Waals surface area contributed by atoms with Crippen LogP contribution in [-0.2, 0) is 14.4 Å². The molecule has 108 valence electrons. The van der Waals surface area contributed by atoms with E-state index in [2.05, 4.69) is 5.32 Å². The van der Waals surface area contributed by atoms with Crippen LogP contribution in [0.1, 0.15) is 45.4 Å². The van der Waals surface area contributed by atoms with Crippen LogP contribution >= 0.6 is 0 Å². The summed E-state index contributed by atoms with van der Waals surface area (Å²) in [6.45, 7) is 1.36. The molecule has 1 saturated carbocycles. The van der Waals surface area contributed by atoms with Crippen molar-refractivity contribution in [1.82, 2.24) is 10.2 Å². The number of carbonyl (C=O) groups is 3. The topological polar surface area (TPSA) is 86.7 Å². The van der Waals surface area contributed by atoms with Crippen LogP contribution in [0.3, 0.4) is 0 Å². The van der Waals surface area contributed by atoms with Gasteiger partial charge in [-0.25, -0.2) is 0 Å². The summed E-state index contributed by atoms with van der Waals surface area (Å²) in [6.07, 6.45) is 4.25. The molecule has 1 aliphatic rings. The van der Waals surface area contributed by atoms with Gasteiger partial charge in [0.2, 0.25) is 11.8 Å². The molecule has 0 bridgehead atoms. The largest absolute Gasteiger partial charge is 0.481 e. The van der Waals surface area contributed by atoms with E-state index >= 15 is 0 Å². The maximum atomic E-state index is 11.9. The number of carbonyl (C=O) groups excluding carboxylic acids is 2. The first-order valence-electron chi connectivity index (χ1n) is 6.59. The van der Waals surface area contributed by atoms with Crippen LogP contribution in [0.15, 0.2) is 0 Å². The van der Waals surface area contributed by atoms with Crippen molar-refractivity contribution >= 4 is 17.8 Å². The molecule has 19 heavy (non-hydrogen) atoms. The SMILES string of the molecule is CC(=O)N(C)CC(=O)NC1(CC(=O)O)CCCCC1. The second-order valence-electron chi connectivity index (χ2n) is 5.33. The molecule has 0 aromatic rings. The van der Waals surface area contributed by atoms with Gasteiger partial charge in [-0.1, -0.05) is 19.3 Å². The van der Waals surface area contributed by atoms with Crippen LogP contribution in [0.2, 0.25) is 0 Å². The molecule has 1 rings (SSSR count). The molecule has 0 aliphatic heterocycles. The normalized spacial score (nSPS) is 17.6. The summed E-state index contributed by atoms with van der Waals surface area (Å²) in [5, 5.41) is 11.8. The Morgan fingerprint density at radius 3 is 2.26 bits per heavy atom. The lowest BCUT2D eigenvalue weighted by Crippen LogP contribution is -2.53. The van der Waals surface area contributed by atoms with Crippen molar-refractivity contribution < 1.29 is 19.5 Å². The van der Waals surface area contributed by atoms with E-state index in [-0.39, 0.29) is 24.8 Å². The van der Waals surface area contributed by atoms with Crippen LogP contribution < -0.4 is 5.32 Å². The zero-order chi connectivity index (χ0) is 14.5. The second-order valence-corrected chi connectivity index (χ2v) is 5.33. The van der Waals surface area contributed by atoms with E-state index in [4.69, 9.17) is 5.11 Å². The summed E-state index contributed by atoms with van der Waals surface area (Å²) in [5.41, 5.74) is -0.640. The number of nitrogens with zero attached hydrogens (tertiary/aromatic N) is 1. The standard InChI is InChI=1S/C13H22N2O4/c1-10(16)15(2)9-11(17)14-13(8-12(18)19)6-4-3-5-7-13/h3-9H2,1-2H3,(H,14,17)(H,18,19). The highest BCUT2D eigenvalue weighted by Gasteiger charge is 2.35. The van der Waals surface area contributed by atoms with E-state index in [0.29, 0.717) is 12.8 Å². The van der Waals surface area contributed by atoms with Gasteiger partial charge >= 0.3 is 5.97 Å². The van der Waals surface area contributed by atoms with Gasteiger partial charge in [0.1, 0.15) is 0 Å². The summed E-state index contributed by atoms with van der Waals surface area (Å²) < 4.78 is 0. The minimum absolute atomic E-state index is 0.0310. The smallest absolute Gasteiger partial charge is 0.305 e. The zero-order valence-electron chi connectivity index (χ0n) is 11.6. The molecule has 0 aromatic heterocycles. The molecule has 2 N–H and O–H groups in total. The van der Waals surface area contributed by atoms with Gasteiger partial charge in [-0.15, -0.1) is 0 Å². The summed E-state index contributed by atoms with van der Waals surface area (Å²) in [7, 11) is 1.55. The van der Waals surface area contributed by atoms with Gasteiger partial charge in [0, 0.05) is 14.0 Å². The van der Waals surface area contributed by atoms with Crippen molar-refractivity contribution in [3.63, 3.8) is 0 Å². The molecular weight excluding hydrogens is 248 g/mol. The lowest BCUT2D eigenvalue weighted by atomic mass is 9.79. The van der Waals surface area contributed by atoms with E-state index < -0.39 is 11.5 Å². The van der Waals surface area contributed by atoms with Crippen molar-refractivity contribution in [1.29, 1.82) is 0 Å². The third kappa shape index (κ3) is 4.89. The van der Waals surface area contributed by atoms with Gasteiger partial charge in [0.05, 0.1) is 18.5 Å². The number of aliphatic carboxylic acids is 1. The molecule has 1 fully saturated rings. The van der Waals surface area contributed by atoms with Gasteiger partial charge in [-0.2, -0.15) is 0 Å². The maximum absolute atomic E-state index is 11.9. The summed E-state index contributed by atoms with van der Waals surface area (Å²) in [5.74, 6) is -1.38.